The Kier molecular flexibility index (Phi) is 10.9. The van der Waals surface area contributed by atoms with Gasteiger partial charge in [0.1, 0.15) is 0 Å². The standard InChI is InChI=1S/C76H53N3/c1-76(2)69-34-17-15-32-65(69)67-48-68-66-33-16-19-36-72(66)79(74(68)49-70(67)76)75-77-71-35-18-20-37-73(71)78(75)64-31-21-30-54(47-64)59-44-62(60-40-55(50-22-7-3-8-23-50)38-56(41-60)51-24-9-4-10-25-51)46-63(45-59)61-42-57(52-26-11-5-12-27-52)39-58(43-61)53-28-13-6-14-29-53/h3-49H,1-2H3. The van der Waals surface area contributed by atoms with Crippen LogP contribution in [0, 0.1) is 0 Å². The van der Waals surface area contributed by atoms with Crippen molar-refractivity contribution in [2.45, 2.75) is 19.3 Å². The lowest BCUT2D eigenvalue weighted by Crippen LogP contribution is -2.15. The summed E-state index contributed by atoms with van der Waals surface area (Å²) in [4.78, 5) is 5.57. The molecule has 0 N–H and O–H groups in total. The first-order valence-corrected chi connectivity index (χ1v) is 27.3. The van der Waals surface area contributed by atoms with Gasteiger partial charge in [0.2, 0.25) is 5.95 Å². The van der Waals surface area contributed by atoms with Crippen molar-refractivity contribution in [2.24, 2.45) is 0 Å². The van der Waals surface area contributed by atoms with Crippen LogP contribution in [0.2, 0.25) is 0 Å². The molecule has 14 aromatic rings. The van der Waals surface area contributed by atoms with E-state index in [-0.39, 0.29) is 5.41 Å². The topological polar surface area (TPSA) is 22.8 Å². The predicted octanol–water partition coefficient (Wildman–Crippen LogP) is 20.1. The Bertz CT molecular complexity index is 4400. The van der Waals surface area contributed by atoms with Crippen LogP contribution in [0.15, 0.2) is 285 Å². The van der Waals surface area contributed by atoms with Crippen molar-refractivity contribution >= 4 is 32.8 Å². The number of imidazole rings is 1. The first-order chi connectivity index (χ1) is 38.9. The average Bonchev–Trinajstić information content (AvgIpc) is 4.00. The van der Waals surface area contributed by atoms with Gasteiger partial charge in [0.15, 0.2) is 0 Å². The highest BCUT2D eigenvalue weighted by Crippen LogP contribution is 2.51. The van der Waals surface area contributed by atoms with Crippen LogP contribution in [0.1, 0.15) is 25.0 Å². The maximum absolute atomic E-state index is 5.57. The second-order valence-corrected chi connectivity index (χ2v) is 21.6. The molecule has 0 amide bonds. The number of aromatic nitrogens is 3. The molecule has 79 heavy (non-hydrogen) atoms. The van der Waals surface area contributed by atoms with Crippen molar-refractivity contribution in [3.8, 4) is 101 Å². The molecule has 15 rings (SSSR count). The zero-order valence-corrected chi connectivity index (χ0v) is 44.0. The number of fused-ring (bicyclic) bond motifs is 7. The molecule has 0 saturated heterocycles. The lowest BCUT2D eigenvalue weighted by atomic mass is 9.82. The molecule has 12 aromatic carbocycles. The molecule has 2 aromatic heterocycles. The van der Waals surface area contributed by atoms with Gasteiger partial charge in [0, 0.05) is 21.9 Å². The number of rotatable bonds is 9. The van der Waals surface area contributed by atoms with Crippen molar-refractivity contribution in [3.05, 3.63) is 296 Å². The molecule has 0 atom stereocenters. The van der Waals surface area contributed by atoms with E-state index in [1.807, 2.05) is 0 Å². The normalized spacial score (nSPS) is 12.5. The summed E-state index contributed by atoms with van der Waals surface area (Å²) < 4.78 is 4.77. The minimum Gasteiger partial charge on any atom is -0.279 e. The van der Waals surface area contributed by atoms with Crippen molar-refractivity contribution in [1.82, 2.24) is 14.1 Å². The summed E-state index contributed by atoms with van der Waals surface area (Å²) in [5.74, 6) is 0.851. The molecule has 0 aliphatic heterocycles. The Labute approximate surface area is 460 Å². The first-order valence-electron chi connectivity index (χ1n) is 27.3. The van der Waals surface area contributed by atoms with E-state index in [1.165, 1.54) is 77.5 Å². The SMILES string of the molecule is CC1(C)c2ccccc2-c2cc3c4ccccc4n(-c4nc5ccccc5n4-c4cccc(-c5cc(-c6cc(-c7ccccc7)cc(-c7ccccc7)c6)cc(-c6cc(-c7ccccc7)cc(-c7ccccc7)c6)c5)c4)c3cc21. The Balaban J connectivity index is 0.957. The van der Waals surface area contributed by atoms with Gasteiger partial charge in [0.05, 0.1) is 22.1 Å². The molecular weight excluding hydrogens is 955 g/mol. The van der Waals surface area contributed by atoms with Crippen LogP contribution in [-0.2, 0) is 5.41 Å². The van der Waals surface area contributed by atoms with Crippen LogP contribution in [0.5, 0.6) is 0 Å². The highest BCUT2D eigenvalue weighted by atomic mass is 15.2. The van der Waals surface area contributed by atoms with Gasteiger partial charge in [-0.05, 0) is 197 Å². The molecular formula is C76H53N3. The van der Waals surface area contributed by atoms with E-state index in [4.69, 9.17) is 4.98 Å². The maximum Gasteiger partial charge on any atom is 0.220 e. The summed E-state index contributed by atoms with van der Waals surface area (Å²) >= 11 is 0. The van der Waals surface area contributed by atoms with Crippen molar-refractivity contribution in [1.29, 1.82) is 0 Å². The van der Waals surface area contributed by atoms with Gasteiger partial charge in [-0.1, -0.05) is 202 Å². The van der Waals surface area contributed by atoms with Gasteiger partial charge in [-0.25, -0.2) is 4.98 Å². The third-order valence-corrected chi connectivity index (χ3v) is 16.5. The van der Waals surface area contributed by atoms with Crippen molar-refractivity contribution in [2.75, 3.05) is 0 Å². The second kappa shape index (κ2) is 18.6. The molecule has 0 spiro atoms. The molecule has 0 fully saturated rings. The van der Waals surface area contributed by atoms with Gasteiger partial charge in [-0.3, -0.25) is 9.13 Å². The van der Waals surface area contributed by atoms with E-state index in [2.05, 4.69) is 308 Å². The average molecular weight is 1010 g/mol. The van der Waals surface area contributed by atoms with Crippen LogP contribution >= 0.6 is 0 Å². The summed E-state index contributed by atoms with van der Waals surface area (Å²) in [5, 5.41) is 2.43. The van der Waals surface area contributed by atoms with Crippen LogP contribution in [0.25, 0.3) is 133 Å². The smallest absolute Gasteiger partial charge is 0.220 e. The highest BCUT2D eigenvalue weighted by molar-refractivity contribution is 6.12. The van der Waals surface area contributed by atoms with E-state index >= 15 is 0 Å². The van der Waals surface area contributed by atoms with E-state index < -0.39 is 0 Å². The molecule has 0 unspecified atom stereocenters. The number of nitrogens with zero attached hydrogens (tertiary/aromatic N) is 3. The minimum atomic E-state index is -0.165. The number of para-hydroxylation sites is 3. The highest BCUT2D eigenvalue weighted by Gasteiger charge is 2.36. The van der Waals surface area contributed by atoms with E-state index in [1.54, 1.807) is 0 Å². The Hall–Kier alpha value is -10.1. The zero-order valence-electron chi connectivity index (χ0n) is 44.0. The fourth-order valence-electron chi connectivity index (χ4n) is 12.5. The molecule has 372 valence electrons. The zero-order chi connectivity index (χ0) is 52.6. The van der Waals surface area contributed by atoms with Crippen LogP contribution in [-0.4, -0.2) is 14.1 Å². The van der Waals surface area contributed by atoms with E-state index in [9.17, 15) is 0 Å². The second-order valence-electron chi connectivity index (χ2n) is 21.6. The molecule has 2 heterocycles. The molecule has 3 heteroatoms. The van der Waals surface area contributed by atoms with E-state index in [0.717, 1.165) is 67.1 Å². The number of hydrogen-bond donors (Lipinski definition) is 0. The van der Waals surface area contributed by atoms with Crippen LogP contribution in [0.4, 0.5) is 0 Å². The third kappa shape index (κ3) is 7.93. The third-order valence-electron chi connectivity index (χ3n) is 16.5. The summed E-state index contributed by atoms with van der Waals surface area (Å²) in [5.41, 5.74) is 26.6. The van der Waals surface area contributed by atoms with Gasteiger partial charge in [-0.15, -0.1) is 0 Å². The molecule has 0 radical (unpaired) electrons. The van der Waals surface area contributed by atoms with Gasteiger partial charge >= 0.3 is 0 Å². The molecule has 1 aliphatic carbocycles. The van der Waals surface area contributed by atoms with Gasteiger partial charge < -0.3 is 0 Å². The number of benzene rings is 12. The quantitative estimate of drug-likeness (QED) is 0.141. The Morgan fingerprint density at radius 2 is 0.684 bits per heavy atom. The van der Waals surface area contributed by atoms with Gasteiger partial charge in [0.25, 0.3) is 0 Å². The Morgan fingerprint density at radius 1 is 0.266 bits per heavy atom. The summed E-state index contributed by atoms with van der Waals surface area (Å²) in [6, 6.07) is 105. The van der Waals surface area contributed by atoms with Crippen molar-refractivity contribution in [3.63, 3.8) is 0 Å². The molecule has 0 bridgehead atoms. The van der Waals surface area contributed by atoms with E-state index in [0.29, 0.717) is 0 Å². The summed E-state index contributed by atoms with van der Waals surface area (Å²) in [6.45, 7) is 4.73. The number of hydrogen-bond acceptors (Lipinski definition) is 1. The first kappa shape index (κ1) is 46.2. The molecule has 3 nitrogen and oxygen atoms in total. The Morgan fingerprint density at radius 3 is 1.22 bits per heavy atom. The van der Waals surface area contributed by atoms with Crippen LogP contribution < -0.4 is 0 Å². The summed E-state index contributed by atoms with van der Waals surface area (Å²) in [6.07, 6.45) is 0. The van der Waals surface area contributed by atoms with Crippen LogP contribution in [0.3, 0.4) is 0 Å². The predicted molar refractivity (Wildman–Crippen MR) is 331 cm³/mol. The molecule has 0 saturated carbocycles. The fraction of sp³-hybridized carbons (Fsp3) is 0.0395. The lowest BCUT2D eigenvalue weighted by molar-refractivity contribution is 0.661. The maximum atomic E-state index is 5.57. The largest absolute Gasteiger partial charge is 0.279 e. The van der Waals surface area contributed by atoms with Gasteiger partial charge in [-0.2, -0.15) is 0 Å². The fourth-order valence-corrected chi connectivity index (χ4v) is 12.5. The van der Waals surface area contributed by atoms with Crippen molar-refractivity contribution < 1.29 is 0 Å². The summed E-state index contributed by atoms with van der Waals surface area (Å²) in [7, 11) is 0. The monoisotopic (exact) mass is 1010 g/mol. The lowest BCUT2D eigenvalue weighted by Gasteiger charge is -2.21. The molecule has 1 aliphatic rings. The minimum absolute atomic E-state index is 0.165.